The van der Waals surface area contributed by atoms with Gasteiger partial charge in [0, 0.05) is 16.6 Å². The topological polar surface area (TPSA) is 117 Å². The lowest BCUT2D eigenvalue weighted by molar-refractivity contribution is -0.410. The summed E-state index contributed by atoms with van der Waals surface area (Å²) in [5.74, 6) is -0.0181. The van der Waals surface area contributed by atoms with Gasteiger partial charge in [-0.3, -0.25) is 10.5 Å². The number of rotatable bonds is 5. The Morgan fingerprint density at radius 3 is 2.60 bits per heavy atom. The molecule has 0 atom stereocenters. The number of aromatic nitrogens is 1. The number of halogens is 2. The van der Waals surface area contributed by atoms with E-state index in [2.05, 4.69) is 10.3 Å². The molecule has 2 rings (SSSR count). The lowest BCUT2D eigenvalue weighted by atomic mass is 10.2. The van der Waals surface area contributed by atoms with Crippen LogP contribution in [-0.4, -0.2) is 11.7 Å². The molecule has 1 aromatic heterocycles. The number of nitrogens with zero attached hydrogens (tertiary/aromatic N) is 2. The van der Waals surface area contributed by atoms with Crippen molar-refractivity contribution >= 4 is 46.7 Å². The van der Waals surface area contributed by atoms with E-state index >= 15 is 0 Å². The maximum absolute atomic E-state index is 12.0. The summed E-state index contributed by atoms with van der Waals surface area (Å²) in [6, 6.07) is 10.3. The van der Waals surface area contributed by atoms with Gasteiger partial charge in [0.15, 0.2) is 5.03 Å². The van der Waals surface area contributed by atoms with Gasteiger partial charge in [-0.25, -0.2) is 4.98 Å². The van der Waals surface area contributed by atoms with E-state index in [-0.39, 0.29) is 35.1 Å². The normalized spacial score (nSPS) is 9.92. The minimum Gasteiger partial charge on any atom is -0.351 e. The van der Waals surface area contributed by atoms with Crippen molar-refractivity contribution in [2.24, 2.45) is 0 Å². The highest BCUT2D eigenvalue weighted by Crippen LogP contribution is 2.22. The quantitative estimate of drug-likeness (QED) is 0.757. The lowest BCUT2D eigenvalue weighted by Gasteiger charge is -2.07. The molecule has 0 fully saturated rings. The third-order valence-corrected chi connectivity index (χ3v) is 4.76. The Balaban J connectivity index is 1.97. The molecule has 2 aromatic rings. The summed E-state index contributed by atoms with van der Waals surface area (Å²) < 4.78 is 0. The van der Waals surface area contributed by atoms with Crippen molar-refractivity contribution in [1.29, 1.82) is 10.5 Å². The molecule has 0 bridgehead atoms. The molecule has 126 valence electrons. The molecule has 1 aromatic carbocycles. The van der Waals surface area contributed by atoms with Gasteiger partial charge in [-0.2, -0.15) is 10.5 Å². The Morgan fingerprint density at radius 1 is 1.24 bits per heavy atom. The van der Waals surface area contributed by atoms with Crippen LogP contribution in [0.25, 0.3) is 0 Å². The highest BCUT2D eigenvalue weighted by Gasteiger charge is 2.16. The van der Waals surface area contributed by atoms with E-state index in [0.29, 0.717) is 15.1 Å². The summed E-state index contributed by atoms with van der Waals surface area (Å²) in [7, 11) is 0. The molecule has 25 heavy (non-hydrogen) atoms. The summed E-state index contributed by atoms with van der Waals surface area (Å²) in [6.45, 7) is 0.264. The van der Waals surface area contributed by atoms with E-state index in [0.717, 1.165) is 17.3 Å². The summed E-state index contributed by atoms with van der Waals surface area (Å²) >= 11 is 13.0. The molecule has 0 spiro atoms. The zero-order valence-corrected chi connectivity index (χ0v) is 15.1. The van der Waals surface area contributed by atoms with Gasteiger partial charge < -0.3 is 5.32 Å². The van der Waals surface area contributed by atoms with Crippen molar-refractivity contribution in [3.8, 4) is 12.1 Å². The molecule has 0 aliphatic rings. The van der Waals surface area contributed by atoms with E-state index in [4.69, 9.17) is 39.5 Å². The minimum atomic E-state index is -0.240. The Bertz CT molecular complexity index is 905. The molecule has 0 aliphatic heterocycles. The lowest BCUT2D eigenvalue weighted by Crippen LogP contribution is -2.25. The van der Waals surface area contributed by atoms with Gasteiger partial charge in [-0.1, -0.05) is 41.0 Å². The number of carbonyl (C=O) groups is 1. The number of nitrogens with one attached hydrogen (secondary N) is 2. The largest absolute Gasteiger partial charge is 0.351 e. The predicted octanol–water partition coefficient (Wildman–Crippen LogP) is 2.54. The number of H-pyrrole nitrogens is 1. The number of nitriles is 2. The molecule has 6 nitrogen and oxygen atoms in total. The fraction of sp³-hybridized carbons (Fsp3) is 0.125. The second-order valence-electron chi connectivity index (χ2n) is 4.86. The van der Waals surface area contributed by atoms with Crippen LogP contribution in [0.5, 0.6) is 0 Å². The molecule has 0 saturated heterocycles. The zero-order valence-electron chi connectivity index (χ0n) is 12.8. The van der Waals surface area contributed by atoms with Gasteiger partial charge in [-0.05, 0) is 23.8 Å². The van der Waals surface area contributed by atoms with Gasteiger partial charge >= 0.3 is 0 Å². The third kappa shape index (κ3) is 5.01. The number of nitrogens with two attached hydrogens (primary N) is 1. The van der Waals surface area contributed by atoms with Crippen molar-refractivity contribution in [2.45, 2.75) is 11.6 Å². The molecule has 1 heterocycles. The molecule has 0 saturated carbocycles. The number of pyridine rings is 1. The highest BCUT2D eigenvalue weighted by atomic mass is 35.5. The Kier molecular flexibility index (Phi) is 6.49. The van der Waals surface area contributed by atoms with Crippen molar-refractivity contribution in [3.63, 3.8) is 0 Å². The Morgan fingerprint density at radius 2 is 1.96 bits per heavy atom. The van der Waals surface area contributed by atoms with Gasteiger partial charge in [0.05, 0.1) is 5.75 Å². The van der Waals surface area contributed by atoms with E-state index < -0.39 is 0 Å². The molecular weight excluding hydrogens is 381 g/mol. The van der Waals surface area contributed by atoms with Crippen molar-refractivity contribution < 1.29 is 9.78 Å². The number of hydrogen-bond acceptors (Lipinski definition) is 5. The summed E-state index contributed by atoms with van der Waals surface area (Å²) in [4.78, 5) is 14.8. The van der Waals surface area contributed by atoms with E-state index in [1.54, 1.807) is 18.2 Å². The molecule has 1 amide bonds. The summed E-state index contributed by atoms with van der Waals surface area (Å²) in [6.07, 6.45) is 0. The number of nitrogen functional groups attached to an aromatic ring is 1. The van der Waals surface area contributed by atoms with E-state index in [9.17, 15) is 4.79 Å². The number of benzene rings is 1. The Hall–Kier alpha value is -2.45. The molecule has 0 aliphatic carbocycles. The number of hydrogen-bond donors (Lipinski definition) is 2. The molecule has 0 radical (unpaired) electrons. The first-order valence-electron chi connectivity index (χ1n) is 6.94. The highest BCUT2D eigenvalue weighted by molar-refractivity contribution is 7.99. The number of amides is 1. The van der Waals surface area contributed by atoms with Gasteiger partial charge in [-0.15, -0.1) is 0 Å². The molecule has 0 unspecified atom stereocenters. The van der Waals surface area contributed by atoms with Gasteiger partial charge in [0.25, 0.3) is 5.82 Å². The van der Waals surface area contributed by atoms with Crippen LogP contribution < -0.4 is 16.0 Å². The minimum absolute atomic E-state index is 0.0712. The Labute approximate surface area is 158 Å². The first-order valence-corrected chi connectivity index (χ1v) is 8.68. The maximum Gasteiger partial charge on any atom is 0.289 e. The van der Waals surface area contributed by atoms with E-state index in [1.807, 2.05) is 12.1 Å². The van der Waals surface area contributed by atoms with Crippen molar-refractivity contribution in [2.75, 3.05) is 11.5 Å². The molecule has 9 heteroatoms. The van der Waals surface area contributed by atoms with Crippen LogP contribution >= 0.6 is 35.0 Å². The summed E-state index contributed by atoms with van der Waals surface area (Å²) in [5.41, 5.74) is 6.88. The van der Waals surface area contributed by atoms with Crippen LogP contribution in [0.4, 0.5) is 5.82 Å². The first kappa shape index (κ1) is 18.9. The standard InChI is InChI=1S/C16H11Cl2N5OS/c17-12-2-1-9(13(18)4-12)7-22-14(24)8-25-16-11(6-20)3-10(5-19)15(21)23-16/h1-4H,7-8H2,(H2,21,23)(H,22,24)/p+1. The second-order valence-corrected chi connectivity index (χ2v) is 6.69. The monoisotopic (exact) mass is 392 g/mol. The molecular formula is C16H12Cl2N5OS+. The maximum atomic E-state index is 12.0. The predicted molar refractivity (Wildman–Crippen MR) is 95.9 cm³/mol. The van der Waals surface area contributed by atoms with Crippen LogP contribution in [0.15, 0.2) is 29.3 Å². The fourth-order valence-corrected chi connectivity index (χ4v) is 3.18. The smallest absolute Gasteiger partial charge is 0.289 e. The number of aromatic amines is 1. The average Bonchev–Trinajstić information content (AvgIpc) is 2.59. The fourth-order valence-electron chi connectivity index (χ4n) is 1.88. The van der Waals surface area contributed by atoms with Crippen LogP contribution in [0, 0.1) is 22.7 Å². The van der Waals surface area contributed by atoms with Gasteiger partial charge in [0.2, 0.25) is 5.91 Å². The molecule has 4 N–H and O–H groups in total. The third-order valence-electron chi connectivity index (χ3n) is 3.15. The average molecular weight is 393 g/mol. The number of anilines is 1. The van der Waals surface area contributed by atoms with Crippen LogP contribution in [0.2, 0.25) is 10.0 Å². The van der Waals surface area contributed by atoms with E-state index in [1.165, 1.54) is 6.07 Å². The first-order chi connectivity index (χ1) is 11.9. The summed E-state index contributed by atoms with van der Waals surface area (Å²) in [5, 5.41) is 22.2. The van der Waals surface area contributed by atoms with Crippen molar-refractivity contribution in [1.82, 2.24) is 5.32 Å². The number of thioether (sulfide) groups is 1. The van der Waals surface area contributed by atoms with Crippen LogP contribution in [0.1, 0.15) is 16.7 Å². The zero-order chi connectivity index (χ0) is 18.4. The number of carbonyl (C=O) groups excluding carboxylic acids is 1. The van der Waals surface area contributed by atoms with Gasteiger partial charge in [0.1, 0.15) is 23.3 Å². The van der Waals surface area contributed by atoms with Crippen molar-refractivity contribution in [3.05, 3.63) is 51.0 Å². The SMILES string of the molecule is N#Cc1cc(C#N)c(SCC(=O)NCc2ccc(Cl)cc2Cl)[nH+]c1N. The van der Waals surface area contributed by atoms with Crippen LogP contribution in [-0.2, 0) is 11.3 Å². The second kappa shape index (κ2) is 8.59. The van der Waals surface area contributed by atoms with Crippen LogP contribution in [0.3, 0.4) is 0 Å².